The molecule has 2 N–H and O–H groups in total. The maximum absolute atomic E-state index is 13.2. The van der Waals surface area contributed by atoms with Crippen molar-refractivity contribution in [3.8, 4) is 0 Å². The minimum Gasteiger partial charge on any atom is -0.308 e. The van der Waals surface area contributed by atoms with Gasteiger partial charge in [-0.15, -0.1) is 0 Å². The van der Waals surface area contributed by atoms with Crippen molar-refractivity contribution in [1.29, 1.82) is 0 Å². The van der Waals surface area contributed by atoms with E-state index in [1.165, 1.54) is 12.1 Å². The van der Waals surface area contributed by atoms with Crippen LogP contribution in [0, 0.1) is 5.82 Å². The number of rotatable bonds is 4. The van der Waals surface area contributed by atoms with E-state index >= 15 is 0 Å². The molecule has 128 valence electrons. The van der Waals surface area contributed by atoms with Crippen molar-refractivity contribution in [2.45, 2.75) is 25.8 Å². The Bertz CT molecular complexity index is 694. The predicted molar refractivity (Wildman–Crippen MR) is 91.7 cm³/mol. The lowest BCUT2D eigenvalue weighted by Gasteiger charge is -2.31. The average Bonchev–Trinajstić information content (AvgIpc) is 3.03. The Morgan fingerprint density at radius 1 is 1.29 bits per heavy atom. The van der Waals surface area contributed by atoms with Gasteiger partial charge in [0.1, 0.15) is 11.6 Å². The van der Waals surface area contributed by atoms with Crippen LogP contribution in [0.15, 0.2) is 36.5 Å². The Morgan fingerprint density at radius 3 is 2.79 bits per heavy atom. The van der Waals surface area contributed by atoms with Crippen molar-refractivity contribution < 1.29 is 9.18 Å². The third-order valence-corrected chi connectivity index (χ3v) is 4.34. The number of hydrogen-bond donors (Lipinski definition) is 2. The van der Waals surface area contributed by atoms with Crippen molar-refractivity contribution in [3.63, 3.8) is 0 Å². The van der Waals surface area contributed by atoms with Crippen LogP contribution in [-0.2, 0) is 0 Å². The molecule has 2 aromatic rings. The minimum atomic E-state index is -0.409. The van der Waals surface area contributed by atoms with E-state index in [9.17, 15) is 9.18 Å². The number of likely N-dealkylation sites (tertiary alicyclic amines) is 1. The van der Waals surface area contributed by atoms with Gasteiger partial charge < -0.3 is 10.2 Å². The maximum Gasteiger partial charge on any atom is 0.324 e. The SMILES string of the molecule is CCN1CCC(n2nccc2NC(=O)Nc2cccc(F)c2)CC1. The number of carbonyl (C=O) groups excluding carboxylic acids is 1. The Hall–Kier alpha value is -2.41. The zero-order chi connectivity index (χ0) is 16.9. The van der Waals surface area contributed by atoms with Crippen molar-refractivity contribution in [2.24, 2.45) is 0 Å². The molecular formula is C17H22FN5O. The molecule has 0 spiro atoms. The number of urea groups is 1. The van der Waals surface area contributed by atoms with Crippen LogP contribution in [-0.4, -0.2) is 40.3 Å². The van der Waals surface area contributed by atoms with E-state index < -0.39 is 6.03 Å². The summed E-state index contributed by atoms with van der Waals surface area (Å²) in [4.78, 5) is 14.5. The number of anilines is 2. The molecule has 1 fully saturated rings. The number of benzene rings is 1. The molecule has 1 aliphatic rings. The summed E-state index contributed by atoms with van der Waals surface area (Å²) in [6.45, 7) is 5.30. The van der Waals surface area contributed by atoms with E-state index in [4.69, 9.17) is 0 Å². The molecule has 1 aliphatic heterocycles. The van der Waals surface area contributed by atoms with Gasteiger partial charge in [-0.1, -0.05) is 13.0 Å². The highest BCUT2D eigenvalue weighted by Crippen LogP contribution is 2.25. The molecule has 7 heteroatoms. The quantitative estimate of drug-likeness (QED) is 0.903. The predicted octanol–water partition coefficient (Wildman–Crippen LogP) is 3.32. The van der Waals surface area contributed by atoms with Gasteiger partial charge in [0, 0.05) is 24.8 Å². The fraction of sp³-hybridized carbons (Fsp3) is 0.412. The van der Waals surface area contributed by atoms with Gasteiger partial charge in [-0.2, -0.15) is 5.10 Å². The molecule has 6 nitrogen and oxygen atoms in total. The fourth-order valence-electron chi connectivity index (χ4n) is 3.03. The molecule has 0 atom stereocenters. The minimum absolute atomic E-state index is 0.285. The zero-order valence-corrected chi connectivity index (χ0v) is 13.7. The van der Waals surface area contributed by atoms with E-state index in [1.807, 2.05) is 4.68 Å². The third kappa shape index (κ3) is 3.91. The van der Waals surface area contributed by atoms with Crippen LogP contribution in [0.4, 0.5) is 20.7 Å². The largest absolute Gasteiger partial charge is 0.324 e. The molecule has 0 unspecified atom stereocenters. The second kappa shape index (κ2) is 7.44. The number of amides is 2. The second-order valence-electron chi connectivity index (χ2n) is 5.92. The topological polar surface area (TPSA) is 62.2 Å². The zero-order valence-electron chi connectivity index (χ0n) is 13.7. The van der Waals surface area contributed by atoms with E-state index in [0.29, 0.717) is 11.5 Å². The Kier molecular flexibility index (Phi) is 5.10. The summed E-state index contributed by atoms with van der Waals surface area (Å²) in [5.41, 5.74) is 0.412. The Morgan fingerprint density at radius 2 is 2.08 bits per heavy atom. The van der Waals surface area contributed by atoms with E-state index in [-0.39, 0.29) is 11.9 Å². The van der Waals surface area contributed by atoms with Gasteiger partial charge in [0.2, 0.25) is 0 Å². The molecule has 1 saturated heterocycles. The molecule has 2 amide bonds. The lowest BCUT2D eigenvalue weighted by Crippen LogP contribution is -2.35. The number of piperidine rings is 1. The molecule has 0 saturated carbocycles. The van der Waals surface area contributed by atoms with Crippen LogP contribution in [0.3, 0.4) is 0 Å². The van der Waals surface area contributed by atoms with Crippen molar-refractivity contribution >= 4 is 17.5 Å². The fourth-order valence-corrected chi connectivity index (χ4v) is 3.03. The summed E-state index contributed by atoms with van der Waals surface area (Å²) in [5.74, 6) is 0.263. The first kappa shape index (κ1) is 16.4. The molecule has 0 aliphatic carbocycles. The highest BCUT2D eigenvalue weighted by molar-refractivity contribution is 5.99. The highest BCUT2D eigenvalue weighted by Gasteiger charge is 2.22. The normalized spacial score (nSPS) is 16.1. The van der Waals surface area contributed by atoms with Gasteiger partial charge in [-0.25, -0.2) is 13.9 Å². The van der Waals surface area contributed by atoms with Crippen molar-refractivity contribution in [2.75, 3.05) is 30.3 Å². The van der Waals surface area contributed by atoms with Gasteiger partial charge >= 0.3 is 6.03 Å². The summed E-state index contributed by atoms with van der Waals surface area (Å²) >= 11 is 0. The van der Waals surface area contributed by atoms with Crippen LogP contribution < -0.4 is 10.6 Å². The number of nitrogens with zero attached hydrogens (tertiary/aromatic N) is 3. The van der Waals surface area contributed by atoms with Gasteiger partial charge in [0.15, 0.2) is 0 Å². The number of nitrogens with one attached hydrogen (secondary N) is 2. The molecule has 3 rings (SSSR count). The van der Waals surface area contributed by atoms with Crippen LogP contribution in [0.2, 0.25) is 0 Å². The molecular weight excluding hydrogens is 309 g/mol. The van der Waals surface area contributed by atoms with Gasteiger partial charge in [0.25, 0.3) is 0 Å². The van der Waals surface area contributed by atoms with Crippen LogP contribution in [0.25, 0.3) is 0 Å². The van der Waals surface area contributed by atoms with E-state index in [0.717, 1.165) is 32.5 Å². The lowest BCUT2D eigenvalue weighted by atomic mass is 10.1. The smallest absolute Gasteiger partial charge is 0.308 e. The number of aromatic nitrogens is 2. The summed E-state index contributed by atoms with van der Waals surface area (Å²) in [6, 6.07) is 7.45. The number of carbonyl (C=O) groups is 1. The van der Waals surface area contributed by atoms with Crippen LogP contribution >= 0.6 is 0 Å². The lowest BCUT2D eigenvalue weighted by molar-refractivity contribution is 0.188. The van der Waals surface area contributed by atoms with E-state index in [2.05, 4.69) is 27.6 Å². The first-order valence-corrected chi connectivity index (χ1v) is 8.25. The first-order chi connectivity index (χ1) is 11.7. The summed E-state index contributed by atoms with van der Waals surface area (Å²) in [7, 11) is 0. The summed E-state index contributed by atoms with van der Waals surface area (Å²) in [6.07, 6.45) is 3.70. The third-order valence-electron chi connectivity index (χ3n) is 4.34. The van der Waals surface area contributed by atoms with Gasteiger partial charge in [-0.05, 0) is 37.6 Å². The Balaban J connectivity index is 1.62. The van der Waals surface area contributed by atoms with Crippen molar-refractivity contribution in [1.82, 2.24) is 14.7 Å². The van der Waals surface area contributed by atoms with Crippen molar-refractivity contribution in [3.05, 3.63) is 42.3 Å². The molecule has 0 bridgehead atoms. The standard InChI is InChI=1S/C17H22FN5O/c1-2-22-10-7-15(8-11-22)23-16(6-9-19-23)21-17(24)20-14-5-3-4-13(18)12-14/h3-6,9,12,15H,2,7-8,10-11H2,1H3,(H2,20,21,24). The Labute approximate surface area is 140 Å². The van der Waals surface area contributed by atoms with E-state index in [1.54, 1.807) is 24.4 Å². The molecule has 2 heterocycles. The maximum atomic E-state index is 13.2. The van der Waals surface area contributed by atoms with Gasteiger partial charge in [0.05, 0.1) is 12.2 Å². The molecule has 1 aromatic carbocycles. The average molecular weight is 331 g/mol. The monoisotopic (exact) mass is 331 g/mol. The van der Waals surface area contributed by atoms with Crippen LogP contribution in [0.5, 0.6) is 0 Å². The summed E-state index contributed by atoms with van der Waals surface area (Å²) in [5, 5.41) is 9.78. The molecule has 0 radical (unpaired) electrons. The second-order valence-corrected chi connectivity index (χ2v) is 5.92. The highest BCUT2D eigenvalue weighted by atomic mass is 19.1. The first-order valence-electron chi connectivity index (χ1n) is 8.25. The number of halogens is 1. The van der Waals surface area contributed by atoms with Crippen LogP contribution in [0.1, 0.15) is 25.8 Å². The van der Waals surface area contributed by atoms with Gasteiger partial charge in [-0.3, -0.25) is 5.32 Å². The molecule has 1 aromatic heterocycles. The summed E-state index contributed by atoms with van der Waals surface area (Å²) < 4.78 is 15.0. The molecule has 24 heavy (non-hydrogen) atoms. The number of hydrogen-bond acceptors (Lipinski definition) is 3.